The molecular formula is C13H23N3OS. The Hall–Kier alpha value is -0.940. The zero-order valence-corrected chi connectivity index (χ0v) is 12.6. The second-order valence-corrected chi connectivity index (χ2v) is 6.08. The smallest absolute Gasteiger partial charge is 0.240 e. The van der Waals surface area contributed by atoms with Crippen LogP contribution in [0.2, 0.25) is 0 Å². The number of thiazole rings is 1. The van der Waals surface area contributed by atoms with Gasteiger partial charge >= 0.3 is 0 Å². The predicted molar refractivity (Wildman–Crippen MR) is 75.3 cm³/mol. The molecular weight excluding hydrogens is 246 g/mol. The van der Waals surface area contributed by atoms with Crippen LogP contribution in [0.4, 0.5) is 0 Å². The van der Waals surface area contributed by atoms with E-state index in [0.717, 1.165) is 5.01 Å². The Morgan fingerprint density at radius 3 is 2.33 bits per heavy atom. The summed E-state index contributed by atoms with van der Waals surface area (Å²) in [5, 5.41) is 2.88. The molecule has 0 radical (unpaired) electrons. The fraction of sp³-hybridized carbons (Fsp3) is 0.692. The first kappa shape index (κ1) is 15.1. The number of nitrogens with zero attached hydrogens (tertiary/aromatic N) is 2. The highest BCUT2D eigenvalue weighted by Crippen LogP contribution is 2.25. The maximum atomic E-state index is 12.4. The van der Waals surface area contributed by atoms with Gasteiger partial charge in [-0.1, -0.05) is 13.8 Å². The first-order chi connectivity index (χ1) is 8.36. The number of carbonyl (C=O) groups excluding carboxylic acids is 1. The SMILES string of the molecule is CC(C)[C@H](N)C(=O)N(C(C)C)C(C)c1nccs1. The van der Waals surface area contributed by atoms with E-state index in [9.17, 15) is 4.79 Å². The number of hydrogen-bond acceptors (Lipinski definition) is 4. The summed E-state index contributed by atoms with van der Waals surface area (Å²) >= 11 is 1.57. The molecule has 0 aliphatic carbocycles. The quantitative estimate of drug-likeness (QED) is 0.893. The van der Waals surface area contributed by atoms with Crippen LogP contribution in [-0.2, 0) is 4.79 Å². The summed E-state index contributed by atoms with van der Waals surface area (Å²) in [5.74, 6) is 0.143. The van der Waals surface area contributed by atoms with E-state index in [4.69, 9.17) is 5.73 Å². The number of carbonyl (C=O) groups is 1. The lowest BCUT2D eigenvalue weighted by Crippen LogP contribution is -2.50. The third-order valence-electron chi connectivity index (χ3n) is 3.04. The van der Waals surface area contributed by atoms with Gasteiger partial charge in [-0.2, -0.15) is 0 Å². The van der Waals surface area contributed by atoms with E-state index < -0.39 is 6.04 Å². The number of rotatable bonds is 5. The molecule has 5 heteroatoms. The Morgan fingerprint density at radius 2 is 1.94 bits per heavy atom. The van der Waals surface area contributed by atoms with Crippen molar-refractivity contribution in [2.45, 2.75) is 52.7 Å². The first-order valence-corrected chi connectivity index (χ1v) is 7.21. The van der Waals surface area contributed by atoms with Crippen LogP contribution in [0, 0.1) is 5.92 Å². The molecule has 0 aromatic carbocycles. The van der Waals surface area contributed by atoms with E-state index in [1.807, 2.05) is 44.9 Å². The Balaban J connectivity index is 2.93. The summed E-state index contributed by atoms with van der Waals surface area (Å²) in [7, 11) is 0. The van der Waals surface area contributed by atoms with Crippen molar-refractivity contribution in [2.24, 2.45) is 11.7 Å². The minimum absolute atomic E-state index is 0.00250. The molecule has 0 fully saturated rings. The maximum Gasteiger partial charge on any atom is 0.240 e. The van der Waals surface area contributed by atoms with Gasteiger partial charge in [-0.25, -0.2) is 4.98 Å². The van der Waals surface area contributed by atoms with Gasteiger partial charge in [-0.3, -0.25) is 4.79 Å². The topological polar surface area (TPSA) is 59.2 Å². The Kier molecular flexibility index (Phi) is 5.28. The zero-order valence-electron chi connectivity index (χ0n) is 11.8. The van der Waals surface area contributed by atoms with Gasteiger partial charge < -0.3 is 10.6 Å². The molecule has 1 amide bonds. The molecule has 0 saturated heterocycles. The molecule has 18 heavy (non-hydrogen) atoms. The van der Waals surface area contributed by atoms with Crippen molar-refractivity contribution in [3.8, 4) is 0 Å². The van der Waals surface area contributed by atoms with E-state index >= 15 is 0 Å². The van der Waals surface area contributed by atoms with Crippen molar-refractivity contribution < 1.29 is 4.79 Å². The summed E-state index contributed by atoms with van der Waals surface area (Å²) in [6.45, 7) is 9.96. The van der Waals surface area contributed by atoms with Crippen LogP contribution in [0.3, 0.4) is 0 Å². The molecule has 1 rings (SSSR count). The van der Waals surface area contributed by atoms with Gasteiger partial charge in [0, 0.05) is 17.6 Å². The highest BCUT2D eigenvalue weighted by molar-refractivity contribution is 7.09. The van der Waals surface area contributed by atoms with E-state index in [0.29, 0.717) is 0 Å². The molecule has 0 aliphatic heterocycles. The molecule has 1 heterocycles. The van der Waals surface area contributed by atoms with Crippen molar-refractivity contribution >= 4 is 17.2 Å². The van der Waals surface area contributed by atoms with Crippen LogP contribution >= 0.6 is 11.3 Å². The number of hydrogen-bond donors (Lipinski definition) is 1. The van der Waals surface area contributed by atoms with Crippen LogP contribution in [0.1, 0.15) is 45.7 Å². The lowest BCUT2D eigenvalue weighted by molar-refractivity contribution is -0.137. The molecule has 1 aromatic heterocycles. The summed E-state index contributed by atoms with van der Waals surface area (Å²) in [5.41, 5.74) is 5.98. The van der Waals surface area contributed by atoms with Crippen LogP contribution in [0.15, 0.2) is 11.6 Å². The highest BCUT2D eigenvalue weighted by Gasteiger charge is 2.30. The van der Waals surface area contributed by atoms with Crippen molar-refractivity contribution in [1.82, 2.24) is 9.88 Å². The molecule has 4 nitrogen and oxygen atoms in total. The molecule has 0 bridgehead atoms. The van der Waals surface area contributed by atoms with Gasteiger partial charge in [0.25, 0.3) is 0 Å². The minimum Gasteiger partial charge on any atom is -0.330 e. The molecule has 2 N–H and O–H groups in total. The van der Waals surface area contributed by atoms with Crippen LogP contribution < -0.4 is 5.73 Å². The summed E-state index contributed by atoms with van der Waals surface area (Å²) < 4.78 is 0. The van der Waals surface area contributed by atoms with E-state index in [1.165, 1.54) is 0 Å². The number of aromatic nitrogens is 1. The van der Waals surface area contributed by atoms with Crippen LogP contribution in [0.25, 0.3) is 0 Å². The summed E-state index contributed by atoms with van der Waals surface area (Å²) in [4.78, 5) is 18.6. The summed E-state index contributed by atoms with van der Waals surface area (Å²) in [6, 6.07) is -0.363. The van der Waals surface area contributed by atoms with E-state index in [-0.39, 0.29) is 23.9 Å². The fourth-order valence-electron chi connectivity index (χ4n) is 1.91. The van der Waals surface area contributed by atoms with Crippen molar-refractivity contribution in [1.29, 1.82) is 0 Å². The molecule has 102 valence electrons. The first-order valence-electron chi connectivity index (χ1n) is 6.33. The standard InChI is InChI=1S/C13H23N3OS/c1-8(2)11(14)13(17)16(9(3)4)10(5)12-15-6-7-18-12/h6-11H,14H2,1-5H3/t10?,11-/m0/s1. The minimum atomic E-state index is -0.449. The molecule has 0 saturated carbocycles. The van der Waals surface area contributed by atoms with Gasteiger partial charge in [0.2, 0.25) is 5.91 Å². The van der Waals surface area contributed by atoms with Crippen molar-refractivity contribution in [3.05, 3.63) is 16.6 Å². The van der Waals surface area contributed by atoms with Gasteiger partial charge in [0.15, 0.2) is 0 Å². The van der Waals surface area contributed by atoms with Crippen molar-refractivity contribution in [3.63, 3.8) is 0 Å². The van der Waals surface area contributed by atoms with Gasteiger partial charge in [0.05, 0.1) is 12.1 Å². The third-order valence-corrected chi connectivity index (χ3v) is 3.99. The average Bonchev–Trinajstić information content (AvgIpc) is 2.80. The largest absolute Gasteiger partial charge is 0.330 e. The molecule has 2 atom stereocenters. The van der Waals surface area contributed by atoms with Crippen LogP contribution in [0.5, 0.6) is 0 Å². The van der Waals surface area contributed by atoms with E-state index in [1.54, 1.807) is 17.5 Å². The van der Waals surface area contributed by atoms with E-state index in [2.05, 4.69) is 4.98 Å². The van der Waals surface area contributed by atoms with Gasteiger partial charge in [0.1, 0.15) is 5.01 Å². The molecule has 0 spiro atoms. The third kappa shape index (κ3) is 3.29. The molecule has 1 aromatic rings. The fourth-order valence-corrected chi connectivity index (χ4v) is 2.60. The predicted octanol–water partition coefficient (Wildman–Crippen LogP) is 2.42. The number of nitrogens with two attached hydrogens (primary N) is 1. The second-order valence-electron chi connectivity index (χ2n) is 5.16. The Morgan fingerprint density at radius 1 is 1.33 bits per heavy atom. The van der Waals surface area contributed by atoms with Crippen LogP contribution in [-0.4, -0.2) is 27.9 Å². The Labute approximate surface area is 113 Å². The molecule has 0 aliphatic rings. The zero-order chi connectivity index (χ0) is 13.9. The molecule has 1 unspecified atom stereocenters. The van der Waals surface area contributed by atoms with Gasteiger partial charge in [-0.05, 0) is 26.7 Å². The van der Waals surface area contributed by atoms with Crippen molar-refractivity contribution in [2.75, 3.05) is 0 Å². The number of amides is 1. The highest BCUT2D eigenvalue weighted by atomic mass is 32.1. The maximum absolute atomic E-state index is 12.4. The summed E-state index contributed by atoms with van der Waals surface area (Å²) in [6.07, 6.45) is 1.77. The monoisotopic (exact) mass is 269 g/mol. The normalized spacial score (nSPS) is 14.9. The Bertz CT molecular complexity index is 376. The second kappa shape index (κ2) is 6.29. The average molecular weight is 269 g/mol. The lowest BCUT2D eigenvalue weighted by atomic mass is 10.0. The lowest BCUT2D eigenvalue weighted by Gasteiger charge is -2.34. The van der Waals surface area contributed by atoms with Gasteiger partial charge in [-0.15, -0.1) is 11.3 Å².